The molecule has 19 heavy (non-hydrogen) atoms. The van der Waals surface area contributed by atoms with Gasteiger partial charge in [0.25, 0.3) is 0 Å². The van der Waals surface area contributed by atoms with Gasteiger partial charge in [-0.2, -0.15) is 0 Å². The van der Waals surface area contributed by atoms with E-state index in [9.17, 15) is 0 Å². The number of rotatable bonds is 4. The highest BCUT2D eigenvalue weighted by atomic mass is 32.1. The molecule has 0 saturated heterocycles. The van der Waals surface area contributed by atoms with E-state index in [0.717, 1.165) is 11.4 Å². The first kappa shape index (κ1) is 14.0. The Kier molecular flexibility index (Phi) is 4.22. The fourth-order valence-electron chi connectivity index (χ4n) is 1.62. The normalized spacial score (nSPS) is 12.0. The molecule has 0 bridgehead atoms. The van der Waals surface area contributed by atoms with Gasteiger partial charge in [-0.25, -0.2) is 0 Å². The van der Waals surface area contributed by atoms with E-state index in [4.69, 9.17) is 4.43 Å². The van der Waals surface area contributed by atoms with Crippen molar-refractivity contribution in [3.05, 3.63) is 46.2 Å². The van der Waals surface area contributed by atoms with Crippen LogP contribution in [0.25, 0.3) is 0 Å². The molecule has 0 aliphatic heterocycles. The molecule has 0 radical (unpaired) electrons. The molecule has 1 aromatic carbocycles. The van der Waals surface area contributed by atoms with Gasteiger partial charge in [0.2, 0.25) is 8.32 Å². The van der Waals surface area contributed by atoms with Gasteiger partial charge in [-0.3, -0.25) is 4.99 Å². The monoisotopic (exact) mass is 289 g/mol. The molecule has 4 heteroatoms. The number of hydrogen-bond acceptors (Lipinski definition) is 3. The van der Waals surface area contributed by atoms with Gasteiger partial charge in [-0.1, -0.05) is 12.1 Å². The van der Waals surface area contributed by atoms with E-state index in [1.165, 1.54) is 10.4 Å². The van der Waals surface area contributed by atoms with Crippen LogP contribution in [0, 0.1) is 6.92 Å². The highest BCUT2D eigenvalue weighted by Gasteiger charge is 2.17. The summed E-state index contributed by atoms with van der Waals surface area (Å²) >= 11 is 1.71. The molecule has 0 atom stereocenters. The van der Waals surface area contributed by atoms with Crippen molar-refractivity contribution in [2.45, 2.75) is 26.6 Å². The molecule has 0 N–H and O–H groups in total. The van der Waals surface area contributed by atoms with Gasteiger partial charge in [-0.05, 0) is 55.7 Å². The van der Waals surface area contributed by atoms with Crippen LogP contribution in [-0.2, 0) is 0 Å². The molecule has 0 aliphatic rings. The average Bonchev–Trinajstić information content (AvgIpc) is 2.72. The molecule has 2 aromatic rings. The maximum Gasteiger partial charge on any atom is 0.242 e. The van der Waals surface area contributed by atoms with Gasteiger partial charge in [-0.15, -0.1) is 11.3 Å². The molecule has 100 valence electrons. The van der Waals surface area contributed by atoms with Crippen molar-refractivity contribution in [1.82, 2.24) is 0 Å². The zero-order chi connectivity index (χ0) is 13.9. The molecule has 1 aromatic heterocycles. The number of aliphatic imine (C=N–C) groups is 1. The second-order valence-corrected chi connectivity index (χ2v) is 10.8. The van der Waals surface area contributed by atoms with Crippen molar-refractivity contribution in [2.24, 2.45) is 4.99 Å². The summed E-state index contributed by atoms with van der Waals surface area (Å²) in [5, 5.41) is 2.08. The maximum absolute atomic E-state index is 6.06. The van der Waals surface area contributed by atoms with Gasteiger partial charge in [0.05, 0.1) is 0 Å². The van der Waals surface area contributed by atoms with Crippen molar-refractivity contribution in [2.75, 3.05) is 0 Å². The van der Waals surface area contributed by atoms with Gasteiger partial charge in [0.15, 0.2) is 0 Å². The Morgan fingerprint density at radius 3 is 2.53 bits per heavy atom. The summed E-state index contributed by atoms with van der Waals surface area (Å²) in [5.74, 6) is 0.882. The Morgan fingerprint density at radius 1 is 1.16 bits per heavy atom. The summed E-state index contributed by atoms with van der Waals surface area (Å²) < 4.78 is 6.06. The van der Waals surface area contributed by atoms with E-state index >= 15 is 0 Å². The fraction of sp³-hybridized carbons (Fsp3) is 0.267. The van der Waals surface area contributed by atoms with Gasteiger partial charge < -0.3 is 4.43 Å². The van der Waals surface area contributed by atoms with Crippen molar-refractivity contribution < 1.29 is 4.43 Å². The summed E-state index contributed by atoms with van der Waals surface area (Å²) in [6.45, 7) is 8.63. The first-order valence-electron chi connectivity index (χ1n) is 6.32. The lowest BCUT2D eigenvalue weighted by atomic mass is 10.3. The molecule has 0 amide bonds. The average molecular weight is 289 g/mol. The van der Waals surface area contributed by atoms with Crippen LogP contribution < -0.4 is 4.43 Å². The minimum atomic E-state index is -1.61. The number of nitrogens with zero attached hydrogens (tertiary/aromatic N) is 1. The van der Waals surface area contributed by atoms with Crippen LogP contribution in [0.5, 0.6) is 5.75 Å². The highest BCUT2D eigenvalue weighted by molar-refractivity contribution is 7.11. The molecule has 0 aliphatic carbocycles. The van der Waals surface area contributed by atoms with E-state index in [1.54, 1.807) is 11.3 Å². The predicted octanol–water partition coefficient (Wildman–Crippen LogP) is 5.02. The molecular formula is C15H19NOSSi. The maximum atomic E-state index is 6.06. The zero-order valence-corrected chi connectivity index (χ0v) is 13.6. The second-order valence-electron chi connectivity index (χ2n) is 5.41. The minimum absolute atomic E-state index is 0.882. The summed E-state index contributed by atoms with van der Waals surface area (Å²) in [4.78, 5) is 5.77. The third-order valence-corrected chi connectivity index (χ3v) is 4.29. The Bertz CT molecular complexity index is 584. The summed E-state index contributed by atoms with van der Waals surface area (Å²) in [6.07, 6.45) is 1.92. The van der Waals surface area contributed by atoms with E-state index in [1.807, 2.05) is 30.5 Å². The quantitative estimate of drug-likeness (QED) is 0.572. The summed E-state index contributed by atoms with van der Waals surface area (Å²) in [6, 6.07) is 10.1. The number of para-hydroxylation sites is 2. The minimum Gasteiger partial charge on any atom is -0.543 e. The molecule has 0 fully saturated rings. The lowest BCUT2D eigenvalue weighted by Crippen LogP contribution is -2.29. The molecule has 1 heterocycles. The van der Waals surface area contributed by atoms with Crippen molar-refractivity contribution in [3.8, 4) is 5.75 Å². The summed E-state index contributed by atoms with van der Waals surface area (Å²) in [5.41, 5.74) is 2.16. The van der Waals surface area contributed by atoms with E-state index in [2.05, 4.69) is 43.0 Å². The number of hydrogen-bond donors (Lipinski definition) is 0. The molecule has 2 nitrogen and oxygen atoms in total. The molecule has 2 rings (SSSR count). The third-order valence-electron chi connectivity index (χ3n) is 2.50. The van der Waals surface area contributed by atoms with E-state index in [-0.39, 0.29) is 0 Å². The van der Waals surface area contributed by atoms with Crippen molar-refractivity contribution in [3.63, 3.8) is 0 Å². The van der Waals surface area contributed by atoms with Gasteiger partial charge in [0, 0.05) is 11.1 Å². The molecule has 0 spiro atoms. The number of benzene rings is 1. The Hall–Kier alpha value is -1.39. The lowest BCUT2D eigenvalue weighted by Gasteiger charge is -2.20. The third kappa shape index (κ3) is 4.04. The predicted molar refractivity (Wildman–Crippen MR) is 86.7 cm³/mol. The second kappa shape index (κ2) is 5.71. The van der Waals surface area contributed by atoms with E-state index in [0.29, 0.717) is 0 Å². The fourth-order valence-corrected chi connectivity index (χ4v) is 3.24. The van der Waals surface area contributed by atoms with Gasteiger partial charge >= 0.3 is 0 Å². The smallest absolute Gasteiger partial charge is 0.242 e. The summed E-state index contributed by atoms with van der Waals surface area (Å²) in [7, 11) is -1.61. The topological polar surface area (TPSA) is 21.6 Å². The Balaban J connectivity index is 2.25. The van der Waals surface area contributed by atoms with Crippen molar-refractivity contribution in [1.29, 1.82) is 0 Å². The first-order chi connectivity index (χ1) is 8.96. The van der Waals surface area contributed by atoms with Crippen LogP contribution in [0.2, 0.25) is 19.6 Å². The Labute approximate surface area is 119 Å². The standard InChI is InChI=1S/C15H19NOSSi/c1-12-9-10-18-15(12)11-16-13-7-5-6-8-14(13)17-19(2,3)4/h5-11H,1-4H3. The SMILES string of the molecule is Cc1ccsc1C=Nc1ccccc1O[Si](C)(C)C. The van der Waals surface area contributed by atoms with E-state index < -0.39 is 8.32 Å². The van der Waals surface area contributed by atoms with Crippen LogP contribution in [0.4, 0.5) is 5.69 Å². The zero-order valence-electron chi connectivity index (χ0n) is 11.8. The number of aryl methyl sites for hydroxylation is 1. The molecule has 0 saturated carbocycles. The van der Waals surface area contributed by atoms with Crippen molar-refractivity contribution >= 4 is 31.6 Å². The number of thiophene rings is 1. The van der Waals surface area contributed by atoms with Crippen LogP contribution in [-0.4, -0.2) is 14.5 Å². The largest absolute Gasteiger partial charge is 0.543 e. The van der Waals surface area contributed by atoms with Crippen LogP contribution in [0.1, 0.15) is 10.4 Å². The van der Waals surface area contributed by atoms with Crippen LogP contribution >= 0.6 is 11.3 Å². The van der Waals surface area contributed by atoms with Gasteiger partial charge in [0.1, 0.15) is 11.4 Å². The lowest BCUT2D eigenvalue weighted by molar-refractivity contribution is 0.559. The molecule has 0 unspecified atom stereocenters. The van der Waals surface area contributed by atoms with Crippen LogP contribution in [0.3, 0.4) is 0 Å². The Morgan fingerprint density at radius 2 is 1.89 bits per heavy atom. The molecular weight excluding hydrogens is 270 g/mol. The van der Waals surface area contributed by atoms with Crippen LogP contribution in [0.15, 0.2) is 40.7 Å². The highest BCUT2D eigenvalue weighted by Crippen LogP contribution is 2.29. The first-order valence-corrected chi connectivity index (χ1v) is 10.6.